The summed E-state index contributed by atoms with van der Waals surface area (Å²) in [6, 6.07) is 22.6. The van der Waals surface area contributed by atoms with Crippen molar-refractivity contribution in [3.05, 3.63) is 90.2 Å². The molecule has 26 heavy (non-hydrogen) atoms. The maximum atomic E-state index is 13.0. The minimum atomic E-state index is -0.267. The molecule has 0 heterocycles. The number of anilines is 3. The van der Waals surface area contributed by atoms with Crippen molar-refractivity contribution < 1.29 is 9.18 Å². The van der Waals surface area contributed by atoms with Gasteiger partial charge in [0.1, 0.15) is 5.82 Å². The summed E-state index contributed by atoms with van der Waals surface area (Å²) in [6.07, 6.45) is 0.621. The van der Waals surface area contributed by atoms with Crippen molar-refractivity contribution in [3.63, 3.8) is 0 Å². The summed E-state index contributed by atoms with van der Waals surface area (Å²) >= 11 is 0. The van der Waals surface area contributed by atoms with Gasteiger partial charge in [-0.05, 0) is 60.5 Å². The molecule has 3 aromatic rings. The van der Waals surface area contributed by atoms with Gasteiger partial charge in [-0.25, -0.2) is 9.18 Å². The molecule has 0 atom stereocenters. The number of hydrogen-bond acceptors (Lipinski definition) is 2. The molecule has 2 amide bonds. The van der Waals surface area contributed by atoms with E-state index in [0.29, 0.717) is 18.7 Å². The van der Waals surface area contributed by atoms with E-state index < -0.39 is 0 Å². The highest BCUT2D eigenvalue weighted by molar-refractivity contribution is 5.99. The normalized spacial score (nSPS) is 10.3. The van der Waals surface area contributed by atoms with Crippen LogP contribution >= 0.6 is 0 Å². The van der Waals surface area contributed by atoms with Crippen molar-refractivity contribution in [3.8, 4) is 0 Å². The number of carbonyl (C=O) groups is 1. The number of para-hydroxylation sites is 1. The highest BCUT2D eigenvalue weighted by Crippen LogP contribution is 2.26. The highest BCUT2D eigenvalue weighted by atomic mass is 19.1. The van der Waals surface area contributed by atoms with E-state index >= 15 is 0 Å². The van der Waals surface area contributed by atoms with Crippen LogP contribution in [0.25, 0.3) is 0 Å². The molecule has 132 valence electrons. The number of rotatable bonds is 5. The van der Waals surface area contributed by atoms with Crippen molar-refractivity contribution in [2.75, 3.05) is 17.2 Å². The number of nitrogens with two attached hydrogens (primary N) is 1. The third-order valence-corrected chi connectivity index (χ3v) is 3.97. The van der Waals surface area contributed by atoms with Gasteiger partial charge in [0.05, 0.1) is 11.4 Å². The van der Waals surface area contributed by atoms with Gasteiger partial charge < -0.3 is 11.1 Å². The minimum absolute atomic E-state index is 0.233. The van der Waals surface area contributed by atoms with Crippen molar-refractivity contribution in [1.29, 1.82) is 0 Å². The Labute approximate surface area is 152 Å². The first kappa shape index (κ1) is 17.5. The fourth-order valence-corrected chi connectivity index (χ4v) is 2.63. The summed E-state index contributed by atoms with van der Waals surface area (Å²) in [6.45, 7) is 0.447. The molecular formula is C21H20FN3O. The van der Waals surface area contributed by atoms with Crippen LogP contribution in [0.15, 0.2) is 78.9 Å². The van der Waals surface area contributed by atoms with Crippen LogP contribution < -0.4 is 16.0 Å². The predicted molar refractivity (Wildman–Crippen MR) is 103 cm³/mol. The van der Waals surface area contributed by atoms with E-state index in [4.69, 9.17) is 5.73 Å². The van der Waals surface area contributed by atoms with Crippen LogP contribution in [-0.4, -0.2) is 12.6 Å². The molecule has 0 aromatic heterocycles. The molecule has 3 aromatic carbocycles. The predicted octanol–water partition coefficient (Wildman–Crippen LogP) is 4.50. The fourth-order valence-electron chi connectivity index (χ4n) is 2.63. The summed E-state index contributed by atoms with van der Waals surface area (Å²) in [5.74, 6) is -0.267. The Morgan fingerprint density at radius 1 is 0.885 bits per heavy atom. The number of urea groups is 1. The molecule has 0 bridgehead atoms. The van der Waals surface area contributed by atoms with E-state index in [2.05, 4.69) is 5.32 Å². The third kappa shape index (κ3) is 4.39. The van der Waals surface area contributed by atoms with E-state index in [1.807, 2.05) is 42.5 Å². The van der Waals surface area contributed by atoms with E-state index in [1.165, 1.54) is 12.1 Å². The van der Waals surface area contributed by atoms with Crippen molar-refractivity contribution >= 4 is 23.1 Å². The Morgan fingerprint density at radius 2 is 1.50 bits per heavy atom. The first-order valence-electron chi connectivity index (χ1n) is 8.36. The lowest BCUT2D eigenvalue weighted by Gasteiger charge is -2.23. The van der Waals surface area contributed by atoms with Crippen LogP contribution in [0.1, 0.15) is 5.56 Å². The zero-order valence-corrected chi connectivity index (χ0v) is 14.2. The lowest BCUT2D eigenvalue weighted by atomic mass is 10.1. The van der Waals surface area contributed by atoms with Crippen LogP contribution in [0.2, 0.25) is 0 Å². The Kier molecular flexibility index (Phi) is 5.49. The molecular weight excluding hydrogens is 329 g/mol. The minimum Gasteiger partial charge on any atom is -0.399 e. The molecule has 0 saturated carbocycles. The number of nitrogens with zero attached hydrogens (tertiary/aromatic N) is 1. The summed E-state index contributed by atoms with van der Waals surface area (Å²) < 4.78 is 13.0. The smallest absolute Gasteiger partial charge is 0.326 e. The topological polar surface area (TPSA) is 58.4 Å². The Bertz CT molecular complexity index is 849. The van der Waals surface area contributed by atoms with Crippen molar-refractivity contribution in [1.82, 2.24) is 5.32 Å². The molecule has 0 radical (unpaired) electrons. The van der Waals surface area contributed by atoms with Gasteiger partial charge in [0, 0.05) is 12.2 Å². The van der Waals surface area contributed by atoms with Gasteiger partial charge in [0.25, 0.3) is 0 Å². The molecule has 0 spiro atoms. The van der Waals surface area contributed by atoms with Crippen molar-refractivity contribution in [2.45, 2.75) is 6.42 Å². The number of halogens is 1. The second-order valence-corrected chi connectivity index (χ2v) is 5.87. The molecule has 0 aliphatic carbocycles. The summed E-state index contributed by atoms with van der Waals surface area (Å²) in [5, 5.41) is 2.92. The quantitative estimate of drug-likeness (QED) is 0.666. The van der Waals surface area contributed by atoms with Gasteiger partial charge in [0.15, 0.2) is 0 Å². The number of nitrogen functional groups attached to an aromatic ring is 1. The third-order valence-electron chi connectivity index (χ3n) is 3.97. The van der Waals surface area contributed by atoms with E-state index in [0.717, 1.165) is 16.9 Å². The Morgan fingerprint density at radius 3 is 2.15 bits per heavy atom. The number of carbonyl (C=O) groups excluding carboxylic acids is 1. The Balaban J connectivity index is 1.72. The zero-order valence-electron chi connectivity index (χ0n) is 14.2. The second kappa shape index (κ2) is 8.16. The van der Waals surface area contributed by atoms with E-state index in [9.17, 15) is 9.18 Å². The fraction of sp³-hybridized carbons (Fsp3) is 0.0952. The largest absolute Gasteiger partial charge is 0.399 e. The van der Waals surface area contributed by atoms with Crippen LogP contribution in [0.5, 0.6) is 0 Å². The van der Waals surface area contributed by atoms with Gasteiger partial charge >= 0.3 is 6.03 Å². The number of benzene rings is 3. The van der Waals surface area contributed by atoms with Crippen LogP contribution in [-0.2, 0) is 6.42 Å². The number of hydrogen-bond donors (Lipinski definition) is 2. The summed E-state index contributed by atoms with van der Waals surface area (Å²) in [5.41, 5.74) is 8.84. The zero-order chi connectivity index (χ0) is 18.4. The van der Waals surface area contributed by atoms with Gasteiger partial charge in [-0.1, -0.05) is 30.3 Å². The average Bonchev–Trinajstić information content (AvgIpc) is 2.66. The number of amides is 2. The molecule has 0 unspecified atom stereocenters. The number of nitrogens with one attached hydrogen (secondary N) is 1. The molecule has 3 N–H and O–H groups in total. The molecule has 0 saturated heterocycles. The van der Waals surface area contributed by atoms with E-state index in [1.54, 1.807) is 29.2 Å². The lowest BCUT2D eigenvalue weighted by molar-refractivity contribution is 0.248. The molecule has 0 aliphatic heterocycles. The van der Waals surface area contributed by atoms with Gasteiger partial charge in [0.2, 0.25) is 0 Å². The SMILES string of the molecule is Nc1ccc(N(C(=O)NCCc2ccc(F)cc2)c2ccccc2)cc1. The molecule has 3 rings (SSSR count). The maximum absolute atomic E-state index is 13.0. The first-order valence-corrected chi connectivity index (χ1v) is 8.36. The Hall–Kier alpha value is -3.34. The molecule has 4 nitrogen and oxygen atoms in total. The van der Waals surface area contributed by atoms with E-state index in [-0.39, 0.29) is 11.8 Å². The summed E-state index contributed by atoms with van der Waals surface area (Å²) in [7, 11) is 0. The summed E-state index contributed by atoms with van der Waals surface area (Å²) in [4.78, 5) is 14.4. The molecule has 0 aliphatic rings. The van der Waals surface area contributed by atoms with Crippen molar-refractivity contribution in [2.24, 2.45) is 0 Å². The highest BCUT2D eigenvalue weighted by Gasteiger charge is 2.17. The van der Waals surface area contributed by atoms with Crippen LogP contribution in [0.4, 0.5) is 26.2 Å². The second-order valence-electron chi connectivity index (χ2n) is 5.87. The monoisotopic (exact) mass is 349 g/mol. The van der Waals surface area contributed by atoms with Crippen LogP contribution in [0, 0.1) is 5.82 Å². The van der Waals surface area contributed by atoms with Gasteiger partial charge in [-0.15, -0.1) is 0 Å². The first-order chi connectivity index (χ1) is 12.6. The van der Waals surface area contributed by atoms with Gasteiger partial charge in [-0.2, -0.15) is 0 Å². The lowest BCUT2D eigenvalue weighted by Crippen LogP contribution is -2.37. The van der Waals surface area contributed by atoms with Crippen LogP contribution in [0.3, 0.4) is 0 Å². The molecule has 0 fully saturated rings. The van der Waals surface area contributed by atoms with Gasteiger partial charge in [-0.3, -0.25) is 4.90 Å². The average molecular weight is 349 g/mol. The standard InChI is InChI=1S/C21H20FN3O/c22-17-8-6-16(7-9-17)14-15-24-21(26)25(19-4-2-1-3-5-19)20-12-10-18(23)11-13-20/h1-13H,14-15,23H2,(H,24,26). The maximum Gasteiger partial charge on any atom is 0.326 e. The molecule has 5 heteroatoms.